The normalized spacial score (nSPS) is 15.1. The summed E-state index contributed by atoms with van der Waals surface area (Å²) in [6.07, 6.45) is 2.74. The average molecular weight is 577 g/mol. The highest BCUT2D eigenvalue weighted by Crippen LogP contribution is 2.40. The predicted molar refractivity (Wildman–Crippen MR) is 155 cm³/mol. The minimum atomic E-state index is -1.02. The molecule has 0 amide bonds. The lowest BCUT2D eigenvalue weighted by Crippen LogP contribution is -2.22. The van der Waals surface area contributed by atoms with Crippen molar-refractivity contribution in [3.63, 3.8) is 0 Å². The SMILES string of the molecule is COCOc1cc(COC2CCCCO2)cc2nc(OC)c(-c3cccc(C(=O)O)c3SCc3ccccc3)nc12. The second kappa shape index (κ2) is 13.8. The Bertz CT molecular complexity index is 1490. The number of carboxylic acids is 1. The fourth-order valence-electron chi connectivity index (χ4n) is 4.61. The molecular formula is C31H32N2O7S. The molecule has 41 heavy (non-hydrogen) atoms. The Morgan fingerprint density at radius 1 is 1.05 bits per heavy atom. The number of carboxylic acid groups (broad SMARTS) is 1. The number of rotatable bonds is 12. The highest BCUT2D eigenvalue weighted by Gasteiger charge is 2.23. The summed E-state index contributed by atoms with van der Waals surface area (Å²) in [4.78, 5) is 22.5. The van der Waals surface area contributed by atoms with Crippen molar-refractivity contribution in [2.45, 2.75) is 42.8 Å². The van der Waals surface area contributed by atoms with Crippen LogP contribution >= 0.6 is 11.8 Å². The molecule has 9 nitrogen and oxygen atoms in total. The maximum atomic E-state index is 12.2. The summed E-state index contributed by atoms with van der Waals surface area (Å²) in [6.45, 7) is 1.03. The number of aromatic nitrogens is 2. The number of fused-ring (bicyclic) bond motifs is 1. The molecule has 0 spiro atoms. The van der Waals surface area contributed by atoms with Gasteiger partial charge in [-0.25, -0.2) is 14.8 Å². The van der Waals surface area contributed by atoms with Gasteiger partial charge in [-0.3, -0.25) is 0 Å². The summed E-state index contributed by atoms with van der Waals surface area (Å²) in [6, 6.07) is 18.7. The smallest absolute Gasteiger partial charge is 0.336 e. The van der Waals surface area contributed by atoms with Crippen LogP contribution in [-0.4, -0.2) is 55.0 Å². The van der Waals surface area contributed by atoms with Crippen molar-refractivity contribution in [3.05, 3.63) is 77.4 Å². The first-order valence-electron chi connectivity index (χ1n) is 13.3. The third-order valence-electron chi connectivity index (χ3n) is 6.59. The molecule has 10 heteroatoms. The van der Waals surface area contributed by atoms with Gasteiger partial charge in [-0.05, 0) is 48.6 Å². The molecule has 0 saturated carbocycles. The zero-order valence-electron chi connectivity index (χ0n) is 23.0. The molecule has 1 aliphatic heterocycles. The molecule has 1 aromatic heterocycles. The Morgan fingerprint density at radius 2 is 1.90 bits per heavy atom. The molecule has 2 heterocycles. The monoisotopic (exact) mass is 576 g/mol. The zero-order chi connectivity index (χ0) is 28.6. The second-order valence-electron chi connectivity index (χ2n) is 9.46. The van der Waals surface area contributed by atoms with Crippen LogP contribution in [0.25, 0.3) is 22.3 Å². The molecular weight excluding hydrogens is 544 g/mol. The van der Waals surface area contributed by atoms with Gasteiger partial charge in [-0.15, -0.1) is 11.8 Å². The molecule has 1 unspecified atom stereocenters. The van der Waals surface area contributed by atoms with Gasteiger partial charge in [-0.1, -0.05) is 42.5 Å². The number of nitrogens with zero attached hydrogens (tertiary/aromatic N) is 2. The highest BCUT2D eigenvalue weighted by molar-refractivity contribution is 7.98. The molecule has 1 atom stereocenters. The van der Waals surface area contributed by atoms with Gasteiger partial charge in [0, 0.05) is 29.9 Å². The molecule has 4 aromatic rings. The number of hydrogen-bond acceptors (Lipinski definition) is 9. The quantitative estimate of drug-likeness (QED) is 0.152. The van der Waals surface area contributed by atoms with Crippen molar-refractivity contribution >= 4 is 28.8 Å². The summed E-state index contributed by atoms with van der Waals surface area (Å²) >= 11 is 1.43. The highest BCUT2D eigenvalue weighted by atomic mass is 32.2. The van der Waals surface area contributed by atoms with E-state index < -0.39 is 5.97 Å². The van der Waals surface area contributed by atoms with E-state index in [1.54, 1.807) is 19.2 Å². The molecule has 0 aliphatic carbocycles. The van der Waals surface area contributed by atoms with Gasteiger partial charge >= 0.3 is 5.97 Å². The zero-order valence-corrected chi connectivity index (χ0v) is 23.8. The Kier molecular flexibility index (Phi) is 9.68. The van der Waals surface area contributed by atoms with Crippen LogP contribution in [0.5, 0.6) is 11.6 Å². The molecule has 1 saturated heterocycles. The number of ether oxygens (including phenoxy) is 5. The lowest BCUT2D eigenvalue weighted by atomic mass is 10.1. The first kappa shape index (κ1) is 28.8. The third-order valence-corrected chi connectivity index (χ3v) is 7.79. The van der Waals surface area contributed by atoms with Gasteiger partial charge in [0.05, 0.1) is 24.8 Å². The average Bonchev–Trinajstić information content (AvgIpc) is 3.01. The van der Waals surface area contributed by atoms with Gasteiger partial charge in [0.25, 0.3) is 0 Å². The number of benzene rings is 3. The van der Waals surface area contributed by atoms with Crippen LogP contribution in [0.3, 0.4) is 0 Å². The molecule has 1 fully saturated rings. The number of hydrogen-bond donors (Lipinski definition) is 1. The van der Waals surface area contributed by atoms with Crippen LogP contribution in [0.1, 0.15) is 40.7 Å². The van der Waals surface area contributed by atoms with E-state index in [1.165, 1.54) is 18.9 Å². The van der Waals surface area contributed by atoms with E-state index in [0.717, 1.165) is 30.4 Å². The molecule has 3 aromatic carbocycles. The topological polar surface area (TPSA) is 109 Å². The lowest BCUT2D eigenvalue weighted by Gasteiger charge is -2.23. The van der Waals surface area contributed by atoms with Gasteiger partial charge in [0.15, 0.2) is 18.8 Å². The number of aromatic carboxylic acids is 1. The van der Waals surface area contributed by atoms with Crippen molar-refractivity contribution in [1.82, 2.24) is 9.97 Å². The summed E-state index contributed by atoms with van der Waals surface area (Å²) in [5, 5.41) is 10.0. The fourth-order valence-corrected chi connectivity index (χ4v) is 5.75. The van der Waals surface area contributed by atoms with Crippen molar-refractivity contribution in [2.75, 3.05) is 27.6 Å². The van der Waals surface area contributed by atoms with E-state index >= 15 is 0 Å². The van der Waals surface area contributed by atoms with E-state index in [9.17, 15) is 9.90 Å². The first-order chi connectivity index (χ1) is 20.1. The summed E-state index contributed by atoms with van der Waals surface area (Å²) in [5.74, 6) is 0.299. The summed E-state index contributed by atoms with van der Waals surface area (Å²) in [7, 11) is 3.07. The Balaban J connectivity index is 1.57. The number of methoxy groups -OCH3 is 2. The van der Waals surface area contributed by atoms with Crippen molar-refractivity contribution in [3.8, 4) is 22.9 Å². The van der Waals surface area contributed by atoms with Crippen LogP contribution in [-0.2, 0) is 26.6 Å². The molecule has 5 rings (SSSR count). The van der Waals surface area contributed by atoms with Crippen LogP contribution in [0.2, 0.25) is 0 Å². The second-order valence-corrected chi connectivity index (χ2v) is 10.4. The number of carbonyl (C=O) groups is 1. The fraction of sp³-hybridized carbons (Fsp3) is 0.323. The maximum Gasteiger partial charge on any atom is 0.336 e. The van der Waals surface area contributed by atoms with Crippen LogP contribution < -0.4 is 9.47 Å². The van der Waals surface area contributed by atoms with E-state index in [-0.39, 0.29) is 24.5 Å². The predicted octanol–water partition coefficient (Wildman–Crippen LogP) is 6.32. The number of thioether (sulfide) groups is 1. The van der Waals surface area contributed by atoms with Crippen LogP contribution in [0, 0.1) is 0 Å². The summed E-state index contributed by atoms with van der Waals surface area (Å²) < 4.78 is 28.5. The molecule has 1 N–H and O–H groups in total. The Labute approximate surface area is 242 Å². The van der Waals surface area contributed by atoms with Crippen molar-refractivity contribution in [1.29, 1.82) is 0 Å². The van der Waals surface area contributed by atoms with Crippen LogP contribution in [0.4, 0.5) is 0 Å². The molecule has 214 valence electrons. The van der Waals surface area contributed by atoms with E-state index in [4.69, 9.17) is 33.7 Å². The molecule has 1 aliphatic rings. The van der Waals surface area contributed by atoms with Crippen molar-refractivity contribution in [2.24, 2.45) is 0 Å². The Hall–Kier alpha value is -3.70. The van der Waals surface area contributed by atoms with E-state index in [2.05, 4.69) is 0 Å². The van der Waals surface area contributed by atoms with Gasteiger partial charge in [0.1, 0.15) is 11.2 Å². The third kappa shape index (κ3) is 6.97. The Morgan fingerprint density at radius 3 is 2.63 bits per heavy atom. The maximum absolute atomic E-state index is 12.2. The van der Waals surface area contributed by atoms with Gasteiger partial charge in [0.2, 0.25) is 5.88 Å². The minimum absolute atomic E-state index is 0.0147. The molecule has 0 bridgehead atoms. The first-order valence-corrected chi connectivity index (χ1v) is 14.3. The lowest BCUT2D eigenvalue weighted by molar-refractivity contribution is -0.168. The van der Waals surface area contributed by atoms with E-state index in [1.807, 2.05) is 48.5 Å². The minimum Gasteiger partial charge on any atom is -0.479 e. The van der Waals surface area contributed by atoms with Gasteiger partial charge < -0.3 is 28.8 Å². The van der Waals surface area contributed by atoms with E-state index in [0.29, 0.717) is 51.9 Å². The van der Waals surface area contributed by atoms with Gasteiger partial charge in [-0.2, -0.15) is 0 Å². The standard InChI is InChI=1S/C31H32N2O7S/c1-36-19-40-25-16-21(17-39-26-13-6-7-14-38-26)15-24-28(25)33-27(30(32-24)37-2)22-11-8-12-23(31(34)35)29(22)41-18-20-9-4-3-5-10-20/h3-5,8-12,15-16,26H,6-7,13-14,17-19H2,1-2H3,(H,34,35). The largest absolute Gasteiger partial charge is 0.479 e. The van der Waals surface area contributed by atoms with Crippen LogP contribution in [0.15, 0.2) is 65.6 Å². The molecule has 0 radical (unpaired) electrons. The summed E-state index contributed by atoms with van der Waals surface area (Å²) in [5.41, 5.74) is 4.17. The van der Waals surface area contributed by atoms with Crippen molar-refractivity contribution < 1.29 is 33.6 Å².